The quantitative estimate of drug-likeness (QED) is 0.0570. The van der Waals surface area contributed by atoms with Crippen LogP contribution in [0, 0.1) is 23.7 Å². The molecule has 0 saturated heterocycles. The van der Waals surface area contributed by atoms with E-state index >= 15 is 0 Å². The van der Waals surface area contributed by atoms with Crippen molar-refractivity contribution in [1.82, 2.24) is 0 Å². The van der Waals surface area contributed by atoms with Gasteiger partial charge in [-0.2, -0.15) is 0 Å². The minimum atomic E-state index is -0.0877. The molecule has 0 aromatic rings. The molecule has 0 amide bonds. The first kappa shape index (κ1) is 42.9. The number of carbonyl (C=O) groups is 2. The van der Waals surface area contributed by atoms with Crippen LogP contribution >= 0.6 is 0 Å². The Labute approximate surface area is 276 Å². The number of hydrogen-bond donors (Lipinski definition) is 0. The molecule has 4 heteroatoms. The van der Waals surface area contributed by atoms with E-state index in [1.54, 1.807) is 0 Å². The van der Waals surface area contributed by atoms with Crippen LogP contribution in [-0.4, -0.2) is 24.1 Å². The van der Waals surface area contributed by atoms with Gasteiger partial charge in [-0.3, -0.25) is 9.59 Å². The Hall–Kier alpha value is -1.06. The lowest BCUT2D eigenvalue weighted by Crippen LogP contribution is -2.21. The van der Waals surface area contributed by atoms with Crippen LogP contribution < -0.4 is 0 Å². The van der Waals surface area contributed by atoms with Crippen LogP contribution in [0.15, 0.2) is 0 Å². The fraction of sp³-hybridized carbons (Fsp3) is 0.950. The molecule has 4 unspecified atom stereocenters. The number of hydrogen-bond acceptors (Lipinski definition) is 4. The lowest BCUT2D eigenvalue weighted by molar-refractivity contribution is -0.152. The van der Waals surface area contributed by atoms with Gasteiger partial charge in [0.05, 0.1) is 0 Å². The first-order valence-corrected chi connectivity index (χ1v) is 19.7. The summed E-state index contributed by atoms with van der Waals surface area (Å²) < 4.78 is 12.1. The highest BCUT2D eigenvalue weighted by molar-refractivity contribution is 5.70. The topological polar surface area (TPSA) is 52.6 Å². The van der Waals surface area contributed by atoms with Gasteiger partial charge in [0.15, 0.2) is 0 Å². The number of rotatable bonds is 31. The number of esters is 2. The van der Waals surface area contributed by atoms with Gasteiger partial charge in [0.1, 0.15) is 12.2 Å². The molecule has 0 aromatic heterocycles. The largest absolute Gasteiger partial charge is 0.462 e. The minimum absolute atomic E-state index is 0.0313. The van der Waals surface area contributed by atoms with Crippen molar-refractivity contribution >= 4 is 11.9 Å². The highest BCUT2D eigenvalue weighted by Gasteiger charge is 2.20. The molecule has 4 nitrogen and oxygen atoms in total. The molecule has 0 aliphatic rings. The zero-order chi connectivity index (χ0) is 33.0. The molecule has 0 rings (SSSR count). The third-order valence-electron chi connectivity index (χ3n) is 10.6. The molecule has 0 heterocycles. The Balaban J connectivity index is 4.83. The van der Waals surface area contributed by atoms with E-state index in [0.717, 1.165) is 63.2 Å². The lowest BCUT2D eigenvalue weighted by atomic mass is 9.90. The van der Waals surface area contributed by atoms with E-state index in [1.807, 2.05) is 0 Å². The molecule has 0 N–H and O–H groups in total. The Morgan fingerprint density at radius 2 is 0.682 bits per heavy atom. The molecule has 0 spiro atoms. The highest BCUT2D eigenvalue weighted by Crippen LogP contribution is 2.26. The normalized spacial score (nSPS) is 14.5. The third kappa shape index (κ3) is 22.4. The Bertz CT molecular complexity index is 598. The van der Waals surface area contributed by atoms with E-state index < -0.39 is 0 Å². The zero-order valence-electron chi connectivity index (χ0n) is 31.1. The maximum atomic E-state index is 12.9. The molecular formula is C40H78O4. The molecule has 0 radical (unpaired) electrons. The van der Waals surface area contributed by atoms with Crippen molar-refractivity contribution < 1.29 is 19.1 Å². The van der Waals surface area contributed by atoms with Gasteiger partial charge in [0.25, 0.3) is 0 Å². The van der Waals surface area contributed by atoms with Crippen LogP contribution in [0.1, 0.15) is 209 Å². The van der Waals surface area contributed by atoms with E-state index in [0.29, 0.717) is 37.5 Å². The summed E-state index contributed by atoms with van der Waals surface area (Å²) in [6, 6.07) is 0. The maximum absolute atomic E-state index is 12.9. The van der Waals surface area contributed by atoms with Crippen molar-refractivity contribution in [2.45, 2.75) is 222 Å². The molecule has 4 atom stereocenters. The minimum Gasteiger partial charge on any atom is -0.462 e. The molecule has 0 aliphatic carbocycles. The molecular weight excluding hydrogens is 544 g/mol. The Morgan fingerprint density at radius 3 is 0.955 bits per heavy atom. The predicted molar refractivity (Wildman–Crippen MR) is 190 cm³/mol. The van der Waals surface area contributed by atoms with Gasteiger partial charge in [0, 0.05) is 12.8 Å². The van der Waals surface area contributed by atoms with Gasteiger partial charge < -0.3 is 9.47 Å². The van der Waals surface area contributed by atoms with Gasteiger partial charge >= 0.3 is 11.9 Å². The molecule has 262 valence electrons. The second kappa shape index (κ2) is 29.3. The summed E-state index contributed by atoms with van der Waals surface area (Å²) in [6.07, 6.45) is 25.6. The number of carbonyl (C=O) groups excluding carboxylic acids is 2. The van der Waals surface area contributed by atoms with Gasteiger partial charge in [0.2, 0.25) is 0 Å². The third-order valence-corrected chi connectivity index (χ3v) is 10.6. The average Bonchev–Trinajstić information content (AvgIpc) is 3.03. The van der Waals surface area contributed by atoms with Crippen molar-refractivity contribution in [1.29, 1.82) is 0 Å². The average molecular weight is 623 g/mol. The van der Waals surface area contributed by atoms with Crippen LogP contribution in [0.25, 0.3) is 0 Å². The van der Waals surface area contributed by atoms with Crippen LogP contribution in [0.4, 0.5) is 0 Å². The zero-order valence-corrected chi connectivity index (χ0v) is 31.1. The molecule has 0 aliphatic heterocycles. The summed E-state index contributed by atoms with van der Waals surface area (Å²) in [5, 5.41) is 0. The van der Waals surface area contributed by atoms with Crippen LogP contribution in [-0.2, 0) is 19.1 Å². The highest BCUT2D eigenvalue weighted by atomic mass is 16.5. The molecule has 0 aromatic carbocycles. The van der Waals surface area contributed by atoms with E-state index in [4.69, 9.17) is 9.47 Å². The Kier molecular flexibility index (Phi) is 28.6. The standard InChI is InChI=1S/C40H78O4/c1-9-17-21-35(15-7)27-31-37(29-25-33(11-3)12-4)43-39(41)23-19-20-24-40(42)44-38(30-26-34(13-5)14-6)32-28-36(16-8)22-18-10-2/h33-38H,9-32H2,1-8H3. The smallest absolute Gasteiger partial charge is 0.306 e. The predicted octanol–water partition coefficient (Wildman–Crippen LogP) is 12.8. The van der Waals surface area contributed by atoms with Crippen LogP contribution in [0.2, 0.25) is 0 Å². The fourth-order valence-corrected chi connectivity index (χ4v) is 6.72. The molecule has 0 bridgehead atoms. The van der Waals surface area contributed by atoms with Gasteiger partial charge in [-0.1, -0.05) is 132 Å². The summed E-state index contributed by atoms with van der Waals surface area (Å²) in [6.45, 7) is 18.2. The van der Waals surface area contributed by atoms with E-state index in [-0.39, 0.29) is 24.1 Å². The molecule has 44 heavy (non-hydrogen) atoms. The maximum Gasteiger partial charge on any atom is 0.306 e. The summed E-state index contributed by atoms with van der Waals surface area (Å²) in [5.74, 6) is 2.72. The SMILES string of the molecule is CCCCC(CC)CCC(CCC(CC)CC)OC(=O)CCCCC(=O)OC(CCC(CC)CC)CCC(CC)CCCC. The second-order valence-electron chi connectivity index (χ2n) is 13.9. The van der Waals surface area contributed by atoms with E-state index in [9.17, 15) is 9.59 Å². The number of unbranched alkanes of at least 4 members (excludes halogenated alkanes) is 3. The summed E-state index contributed by atoms with van der Waals surface area (Å²) >= 11 is 0. The Morgan fingerprint density at radius 1 is 0.386 bits per heavy atom. The first-order valence-electron chi connectivity index (χ1n) is 19.7. The van der Waals surface area contributed by atoms with Crippen molar-refractivity contribution in [3.05, 3.63) is 0 Å². The summed E-state index contributed by atoms with van der Waals surface area (Å²) in [4.78, 5) is 25.7. The monoisotopic (exact) mass is 623 g/mol. The van der Waals surface area contributed by atoms with E-state index in [1.165, 1.54) is 77.0 Å². The molecule has 0 saturated carbocycles. The van der Waals surface area contributed by atoms with Gasteiger partial charge in [-0.25, -0.2) is 0 Å². The summed E-state index contributed by atoms with van der Waals surface area (Å²) in [7, 11) is 0. The van der Waals surface area contributed by atoms with Crippen LogP contribution in [0.5, 0.6) is 0 Å². The number of ether oxygens (including phenoxy) is 2. The van der Waals surface area contributed by atoms with Gasteiger partial charge in [-0.15, -0.1) is 0 Å². The van der Waals surface area contributed by atoms with Gasteiger partial charge in [-0.05, 0) is 87.9 Å². The van der Waals surface area contributed by atoms with Crippen LogP contribution in [0.3, 0.4) is 0 Å². The van der Waals surface area contributed by atoms with Crippen molar-refractivity contribution in [2.24, 2.45) is 23.7 Å². The van der Waals surface area contributed by atoms with Crippen molar-refractivity contribution in [3.63, 3.8) is 0 Å². The fourth-order valence-electron chi connectivity index (χ4n) is 6.72. The first-order chi connectivity index (χ1) is 21.3. The van der Waals surface area contributed by atoms with Crippen molar-refractivity contribution in [2.75, 3.05) is 0 Å². The van der Waals surface area contributed by atoms with E-state index in [2.05, 4.69) is 55.4 Å². The summed E-state index contributed by atoms with van der Waals surface area (Å²) in [5.41, 5.74) is 0. The molecule has 0 fully saturated rings. The lowest BCUT2D eigenvalue weighted by Gasteiger charge is -2.23. The second-order valence-corrected chi connectivity index (χ2v) is 13.9. The van der Waals surface area contributed by atoms with Crippen molar-refractivity contribution in [3.8, 4) is 0 Å².